The maximum absolute atomic E-state index is 12.8. The van der Waals surface area contributed by atoms with E-state index in [1.807, 2.05) is 38.1 Å². The van der Waals surface area contributed by atoms with Gasteiger partial charge in [0.2, 0.25) is 11.8 Å². The Morgan fingerprint density at radius 1 is 1.29 bits per heavy atom. The minimum Gasteiger partial charge on any atom is -0.338 e. The van der Waals surface area contributed by atoms with Crippen LogP contribution in [0.4, 0.5) is 16.3 Å². The van der Waals surface area contributed by atoms with E-state index in [4.69, 9.17) is 0 Å². The third-order valence-corrected chi connectivity index (χ3v) is 5.70. The summed E-state index contributed by atoms with van der Waals surface area (Å²) >= 11 is 0. The molecule has 4 amide bonds. The predicted octanol–water partition coefficient (Wildman–Crippen LogP) is 1.70. The van der Waals surface area contributed by atoms with Crippen molar-refractivity contribution in [3.05, 3.63) is 41.1 Å². The third-order valence-electron chi connectivity index (χ3n) is 5.70. The smallest absolute Gasteiger partial charge is 0.320 e. The maximum Gasteiger partial charge on any atom is 0.320 e. The van der Waals surface area contributed by atoms with E-state index in [1.165, 1.54) is 0 Å². The lowest BCUT2D eigenvalue weighted by molar-refractivity contribution is -0.123. The zero-order valence-corrected chi connectivity index (χ0v) is 17.6. The van der Waals surface area contributed by atoms with Gasteiger partial charge < -0.3 is 15.5 Å². The molecule has 3 heterocycles. The predicted molar refractivity (Wildman–Crippen MR) is 115 cm³/mol. The molecule has 0 saturated carbocycles. The van der Waals surface area contributed by atoms with E-state index >= 15 is 0 Å². The van der Waals surface area contributed by atoms with Crippen molar-refractivity contribution in [2.24, 2.45) is 0 Å². The van der Waals surface area contributed by atoms with Crippen LogP contribution in [0.3, 0.4) is 0 Å². The number of anilines is 2. The topological polar surface area (TPSA) is 131 Å². The first kappa shape index (κ1) is 20.9. The van der Waals surface area contributed by atoms with Gasteiger partial charge in [0.15, 0.2) is 5.82 Å². The van der Waals surface area contributed by atoms with Gasteiger partial charge in [-0.1, -0.05) is 12.1 Å². The van der Waals surface area contributed by atoms with Crippen molar-refractivity contribution < 1.29 is 14.4 Å². The van der Waals surface area contributed by atoms with Crippen molar-refractivity contribution in [3.8, 4) is 0 Å². The second-order valence-electron chi connectivity index (χ2n) is 7.73. The molecule has 1 aromatic carbocycles. The van der Waals surface area contributed by atoms with Crippen LogP contribution in [0.25, 0.3) is 0 Å². The molecule has 0 spiro atoms. The fourth-order valence-electron chi connectivity index (χ4n) is 3.92. The van der Waals surface area contributed by atoms with Crippen LogP contribution in [0.15, 0.2) is 24.3 Å². The molecule has 0 aliphatic carbocycles. The van der Waals surface area contributed by atoms with Gasteiger partial charge >= 0.3 is 6.03 Å². The lowest BCUT2D eigenvalue weighted by atomic mass is 9.99. The highest BCUT2D eigenvalue weighted by atomic mass is 16.2. The Morgan fingerprint density at radius 3 is 2.74 bits per heavy atom. The molecule has 10 heteroatoms. The van der Waals surface area contributed by atoms with Crippen LogP contribution in [0.2, 0.25) is 0 Å². The summed E-state index contributed by atoms with van der Waals surface area (Å²) < 4.78 is 0. The van der Waals surface area contributed by atoms with E-state index in [9.17, 15) is 14.4 Å². The minimum absolute atomic E-state index is 0.136. The zero-order valence-electron chi connectivity index (χ0n) is 17.6. The molecule has 2 unspecified atom stereocenters. The standard InChI is InChI=1S/C21H27N7O3/c1-3-22-21(31)25-18-15-11-23-19(17(15)26-27-18)24-20(30)12(2)13-6-8-14(9-7-13)28-10-4-5-16(28)29/h6-9,12,19,23H,3-5,10-11H2,1-2H3,(H,24,30)(H3,22,25,26,27,31). The number of aromatic nitrogens is 2. The molecule has 31 heavy (non-hydrogen) atoms. The van der Waals surface area contributed by atoms with Crippen LogP contribution in [-0.2, 0) is 16.1 Å². The highest BCUT2D eigenvalue weighted by Gasteiger charge is 2.30. The molecule has 1 aromatic heterocycles. The average Bonchev–Trinajstić information content (AvgIpc) is 3.46. The summed E-state index contributed by atoms with van der Waals surface area (Å²) in [6.45, 7) is 5.41. The van der Waals surface area contributed by atoms with E-state index in [0.29, 0.717) is 25.3 Å². The van der Waals surface area contributed by atoms with Gasteiger partial charge in [-0.15, -0.1) is 0 Å². The van der Waals surface area contributed by atoms with Crippen molar-refractivity contribution >= 4 is 29.4 Å². The fraction of sp³-hybridized carbons (Fsp3) is 0.429. The molecule has 0 bridgehead atoms. The first-order chi connectivity index (χ1) is 15.0. The Kier molecular flexibility index (Phi) is 5.90. The van der Waals surface area contributed by atoms with E-state index in [0.717, 1.165) is 35.5 Å². The minimum atomic E-state index is -0.413. The SMILES string of the molecule is CCNC(=O)Nc1n[nH]c2c1CNC2NC(=O)C(C)c1ccc(N2CCCC2=O)cc1. The van der Waals surface area contributed by atoms with Crippen molar-refractivity contribution in [1.29, 1.82) is 0 Å². The van der Waals surface area contributed by atoms with E-state index in [2.05, 4.69) is 31.5 Å². The summed E-state index contributed by atoms with van der Waals surface area (Å²) in [6.07, 6.45) is 1.05. The molecule has 4 rings (SSSR count). The van der Waals surface area contributed by atoms with E-state index in [1.54, 1.807) is 4.90 Å². The van der Waals surface area contributed by atoms with Crippen molar-refractivity contribution in [3.63, 3.8) is 0 Å². The molecule has 5 N–H and O–H groups in total. The average molecular weight is 425 g/mol. The highest BCUT2D eigenvalue weighted by Crippen LogP contribution is 2.29. The number of H-pyrrole nitrogens is 1. The molecular formula is C21H27N7O3. The number of benzene rings is 1. The van der Waals surface area contributed by atoms with Crippen LogP contribution < -0.4 is 26.2 Å². The molecule has 0 radical (unpaired) electrons. The summed E-state index contributed by atoms with van der Waals surface area (Å²) in [4.78, 5) is 38.3. The van der Waals surface area contributed by atoms with Gasteiger partial charge in [-0.25, -0.2) is 4.79 Å². The summed E-state index contributed by atoms with van der Waals surface area (Å²) in [5.74, 6) is 0.0840. The first-order valence-electron chi connectivity index (χ1n) is 10.5. The largest absolute Gasteiger partial charge is 0.338 e. The Balaban J connectivity index is 1.39. The van der Waals surface area contributed by atoms with Gasteiger partial charge in [-0.2, -0.15) is 5.10 Å². The van der Waals surface area contributed by atoms with Gasteiger partial charge in [0.1, 0.15) is 6.17 Å². The molecule has 164 valence electrons. The van der Waals surface area contributed by atoms with E-state index < -0.39 is 6.17 Å². The normalized spacial score (nSPS) is 18.6. The Bertz CT molecular complexity index is 985. The Labute approximate surface area is 180 Å². The molecule has 2 atom stereocenters. The number of amides is 4. The lowest BCUT2D eigenvalue weighted by Crippen LogP contribution is -2.37. The zero-order chi connectivity index (χ0) is 22.0. The summed E-state index contributed by atoms with van der Waals surface area (Å²) in [6, 6.07) is 7.24. The van der Waals surface area contributed by atoms with Crippen molar-refractivity contribution in [2.45, 2.75) is 45.3 Å². The van der Waals surface area contributed by atoms with Crippen molar-refractivity contribution in [1.82, 2.24) is 26.1 Å². The van der Waals surface area contributed by atoms with Crippen LogP contribution in [0, 0.1) is 0 Å². The molecule has 2 aromatic rings. The van der Waals surface area contributed by atoms with Gasteiger partial charge in [-0.05, 0) is 38.0 Å². The van der Waals surface area contributed by atoms with Gasteiger partial charge in [-0.3, -0.25) is 25.3 Å². The number of hydrogen-bond acceptors (Lipinski definition) is 5. The second-order valence-corrected chi connectivity index (χ2v) is 7.73. The molecule has 2 aliphatic heterocycles. The number of urea groups is 1. The molecule has 1 fully saturated rings. The summed E-state index contributed by atoms with van der Waals surface area (Å²) in [5.41, 5.74) is 3.29. The van der Waals surface area contributed by atoms with Crippen LogP contribution in [-0.4, -0.2) is 41.1 Å². The van der Waals surface area contributed by atoms with Crippen LogP contribution in [0.1, 0.15) is 55.6 Å². The summed E-state index contributed by atoms with van der Waals surface area (Å²) in [7, 11) is 0. The van der Waals surface area contributed by atoms with Crippen LogP contribution in [0.5, 0.6) is 0 Å². The van der Waals surface area contributed by atoms with E-state index in [-0.39, 0.29) is 23.8 Å². The van der Waals surface area contributed by atoms with Gasteiger partial charge in [0.05, 0.1) is 11.6 Å². The van der Waals surface area contributed by atoms with Gasteiger partial charge in [0, 0.05) is 37.3 Å². The number of carbonyl (C=O) groups is 3. The summed E-state index contributed by atoms with van der Waals surface area (Å²) in [5, 5.41) is 18.6. The number of nitrogens with one attached hydrogen (secondary N) is 5. The highest BCUT2D eigenvalue weighted by molar-refractivity contribution is 5.95. The number of fused-ring (bicyclic) bond motifs is 1. The number of nitrogens with zero attached hydrogens (tertiary/aromatic N) is 2. The maximum atomic E-state index is 12.8. The molecule has 1 saturated heterocycles. The molecular weight excluding hydrogens is 398 g/mol. The first-order valence-corrected chi connectivity index (χ1v) is 10.5. The lowest BCUT2D eigenvalue weighted by Gasteiger charge is -2.19. The second kappa shape index (κ2) is 8.76. The number of hydrogen-bond donors (Lipinski definition) is 5. The molecule has 2 aliphatic rings. The number of aromatic amines is 1. The van der Waals surface area contributed by atoms with Crippen LogP contribution >= 0.6 is 0 Å². The Hall–Kier alpha value is -3.40. The van der Waals surface area contributed by atoms with Crippen molar-refractivity contribution in [2.75, 3.05) is 23.3 Å². The molecule has 10 nitrogen and oxygen atoms in total. The number of carbonyl (C=O) groups excluding carboxylic acids is 3. The monoisotopic (exact) mass is 425 g/mol. The fourth-order valence-corrected chi connectivity index (χ4v) is 3.92. The quantitative estimate of drug-likeness (QED) is 0.481. The Morgan fingerprint density at radius 2 is 2.06 bits per heavy atom. The number of rotatable bonds is 6. The third kappa shape index (κ3) is 4.24. The van der Waals surface area contributed by atoms with Gasteiger partial charge in [0.25, 0.3) is 0 Å².